The van der Waals surface area contributed by atoms with Crippen LogP contribution in [-0.4, -0.2) is 29.7 Å². The number of ether oxygens (including phenoxy) is 1. The maximum atomic E-state index is 11.9. The van der Waals surface area contributed by atoms with Crippen molar-refractivity contribution in [3.63, 3.8) is 0 Å². The van der Waals surface area contributed by atoms with Crippen LogP contribution in [0.15, 0.2) is 0 Å². The van der Waals surface area contributed by atoms with Gasteiger partial charge in [-0.2, -0.15) is 5.26 Å². The molecule has 1 rings (SSSR count). The first-order valence-electron chi connectivity index (χ1n) is 6.09. The summed E-state index contributed by atoms with van der Waals surface area (Å²) in [5, 5.41) is 9.24. The van der Waals surface area contributed by atoms with Crippen LogP contribution < -0.4 is 0 Å². The Balaban J connectivity index is 2.67. The Labute approximate surface area is 104 Å². The fourth-order valence-electron chi connectivity index (χ4n) is 2.04. The van der Waals surface area contributed by atoms with Crippen LogP contribution in [0.4, 0.5) is 4.79 Å². The highest BCUT2D eigenvalue weighted by molar-refractivity contribution is 5.68. The Kier molecular flexibility index (Phi) is 3.71. The van der Waals surface area contributed by atoms with Crippen molar-refractivity contribution < 1.29 is 9.53 Å². The lowest BCUT2D eigenvalue weighted by atomic mass is 9.65. The summed E-state index contributed by atoms with van der Waals surface area (Å²) >= 11 is 0. The Bertz CT molecular complexity index is 334. The maximum Gasteiger partial charge on any atom is 0.410 e. The van der Waals surface area contributed by atoms with E-state index in [0.717, 1.165) is 19.3 Å². The lowest BCUT2D eigenvalue weighted by molar-refractivity contribution is 0.00255. The second-order valence-electron chi connectivity index (χ2n) is 5.89. The van der Waals surface area contributed by atoms with Gasteiger partial charge in [0.1, 0.15) is 5.60 Å². The predicted octanol–water partition coefficient (Wildman–Crippen LogP) is 2.94. The van der Waals surface area contributed by atoms with E-state index in [2.05, 4.69) is 6.07 Å². The van der Waals surface area contributed by atoms with Gasteiger partial charge in [-0.05, 0) is 40.5 Å². The van der Waals surface area contributed by atoms with Crippen LogP contribution >= 0.6 is 0 Å². The highest BCUT2D eigenvalue weighted by atomic mass is 16.6. The van der Waals surface area contributed by atoms with E-state index in [4.69, 9.17) is 4.74 Å². The lowest BCUT2D eigenvalue weighted by Gasteiger charge is -2.44. The molecule has 0 heterocycles. The number of nitrogens with zero attached hydrogens (tertiary/aromatic N) is 2. The predicted molar refractivity (Wildman–Crippen MR) is 65.4 cm³/mol. The number of carbonyl (C=O) groups is 1. The third-order valence-corrected chi connectivity index (χ3v) is 3.53. The van der Waals surface area contributed by atoms with Gasteiger partial charge in [0.25, 0.3) is 0 Å². The maximum absolute atomic E-state index is 11.9. The number of amides is 1. The van der Waals surface area contributed by atoms with Crippen LogP contribution in [0.25, 0.3) is 0 Å². The molecular weight excluding hydrogens is 216 g/mol. The Morgan fingerprint density at radius 1 is 1.47 bits per heavy atom. The minimum absolute atomic E-state index is 0.101. The molecule has 4 nitrogen and oxygen atoms in total. The minimum Gasteiger partial charge on any atom is -0.444 e. The van der Waals surface area contributed by atoms with Gasteiger partial charge in [-0.3, -0.25) is 0 Å². The molecule has 0 aromatic heterocycles. The van der Waals surface area contributed by atoms with E-state index >= 15 is 0 Å². The summed E-state index contributed by atoms with van der Waals surface area (Å²) in [6.07, 6.45) is 2.46. The SMILES string of the molecule is CC(N(C)C(=O)OC(C)(C)C)C1(C#N)CCC1. The Hall–Kier alpha value is -1.24. The molecule has 1 aliphatic carbocycles. The van der Waals surface area contributed by atoms with Gasteiger partial charge < -0.3 is 9.64 Å². The molecule has 96 valence electrons. The van der Waals surface area contributed by atoms with Gasteiger partial charge >= 0.3 is 6.09 Å². The molecule has 1 fully saturated rings. The summed E-state index contributed by atoms with van der Waals surface area (Å²) < 4.78 is 5.31. The molecule has 0 radical (unpaired) electrons. The summed E-state index contributed by atoms with van der Waals surface area (Å²) in [6, 6.07) is 2.26. The molecule has 0 bridgehead atoms. The second-order valence-corrected chi connectivity index (χ2v) is 5.89. The third-order valence-electron chi connectivity index (χ3n) is 3.53. The summed E-state index contributed by atoms with van der Waals surface area (Å²) in [5.41, 5.74) is -0.865. The fourth-order valence-corrected chi connectivity index (χ4v) is 2.04. The normalized spacial score (nSPS) is 19.8. The van der Waals surface area contributed by atoms with E-state index in [1.54, 1.807) is 11.9 Å². The van der Waals surface area contributed by atoms with E-state index in [9.17, 15) is 10.1 Å². The van der Waals surface area contributed by atoms with Crippen molar-refractivity contribution >= 4 is 6.09 Å². The average Bonchev–Trinajstić information content (AvgIpc) is 2.12. The van der Waals surface area contributed by atoms with Crippen LogP contribution in [0.5, 0.6) is 0 Å². The molecule has 4 heteroatoms. The number of hydrogen-bond acceptors (Lipinski definition) is 3. The summed E-state index contributed by atoms with van der Waals surface area (Å²) in [6.45, 7) is 7.44. The van der Waals surface area contributed by atoms with Crippen molar-refractivity contribution in [3.05, 3.63) is 0 Å². The number of carbonyl (C=O) groups excluding carboxylic acids is 1. The fraction of sp³-hybridized carbons (Fsp3) is 0.846. The second kappa shape index (κ2) is 4.56. The minimum atomic E-state index is -0.496. The molecular formula is C13H22N2O2. The zero-order valence-electron chi connectivity index (χ0n) is 11.4. The van der Waals surface area contributed by atoms with Crippen LogP contribution in [0.1, 0.15) is 47.0 Å². The first-order valence-corrected chi connectivity index (χ1v) is 6.09. The van der Waals surface area contributed by atoms with Crippen molar-refractivity contribution in [1.82, 2.24) is 4.90 Å². The molecule has 0 aromatic rings. The molecule has 1 aliphatic rings. The van der Waals surface area contributed by atoms with Gasteiger partial charge in [-0.1, -0.05) is 6.42 Å². The van der Waals surface area contributed by atoms with Crippen LogP contribution in [0.3, 0.4) is 0 Å². The standard InChI is InChI=1S/C13H22N2O2/c1-10(13(9-14)7-6-8-13)15(5)11(16)17-12(2,3)4/h10H,6-8H2,1-5H3. The molecule has 1 atom stereocenters. The first kappa shape index (κ1) is 13.8. The Morgan fingerprint density at radius 2 is 2.00 bits per heavy atom. The van der Waals surface area contributed by atoms with Gasteiger partial charge in [-0.15, -0.1) is 0 Å². The van der Waals surface area contributed by atoms with Crippen molar-refractivity contribution in [2.75, 3.05) is 7.05 Å². The molecule has 0 N–H and O–H groups in total. The monoisotopic (exact) mass is 238 g/mol. The van der Waals surface area contributed by atoms with Gasteiger partial charge in [0.05, 0.1) is 17.5 Å². The van der Waals surface area contributed by atoms with E-state index < -0.39 is 5.60 Å². The largest absolute Gasteiger partial charge is 0.444 e. The highest BCUT2D eigenvalue weighted by Crippen LogP contribution is 2.44. The van der Waals surface area contributed by atoms with Gasteiger partial charge in [0.2, 0.25) is 0 Å². The topological polar surface area (TPSA) is 53.3 Å². The van der Waals surface area contributed by atoms with Crippen LogP contribution in [-0.2, 0) is 4.74 Å². The van der Waals surface area contributed by atoms with E-state index in [-0.39, 0.29) is 17.6 Å². The Morgan fingerprint density at radius 3 is 2.29 bits per heavy atom. The highest BCUT2D eigenvalue weighted by Gasteiger charge is 2.45. The molecule has 1 saturated carbocycles. The van der Waals surface area contributed by atoms with E-state index in [1.807, 2.05) is 27.7 Å². The first-order chi connectivity index (χ1) is 7.72. The molecule has 1 amide bonds. The quantitative estimate of drug-likeness (QED) is 0.743. The number of rotatable bonds is 2. The molecule has 17 heavy (non-hydrogen) atoms. The zero-order valence-corrected chi connectivity index (χ0v) is 11.4. The molecule has 1 unspecified atom stereocenters. The van der Waals surface area contributed by atoms with E-state index in [1.165, 1.54) is 0 Å². The van der Waals surface area contributed by atoms with Crippen molar-refractivity contribution in [2.24, 2.45) is 5.41 Å². The molecule has 0 aromatic carbocycles. The average molecular weight is 238 g/mol. The smallest absolute Gasteiger partial charge is 0.410 e. The summed E-state index contributed by atoms with van der Waals surface area (Å²) in [7, 11) is 1.70. The van der Waals surface area contributed by atoms with E-state index in [0.29, 0.717) is 0 Å². The zero-order chi connectivity index (χ0) is 13.3. The number of nitriles is 1. The van der Waals surface area contributed by atoms with Gasteiger partial charge in [-0.25, -0.2) is 4.79 Å². The van der Waals surface area contributed by atoms with Crippen LogP contribution in [0.2, 0.25) is 0 Å². The lowest BCUT2D eigenvalue weighted by Crippen LogP contribution is -2.50. The van der Waals surface area contributed by atoms with Gasteiger partial charge in [0, 0.05) is 7.05 Å². The van der Waals surface area contributed by atoms with Crippen molar-refractivity contribution in [1.29, 1.82) is 5.26 Å². The molecule has 0 aliphatic heterocycles. The molecule has 0 spiro atoms. The summed E-state index contributed by atoms with van der Waals surface area (Å²) in [4.78, 5) is 13.4. The van der Waals surface area contributed by atoms with Crippen LogP contribution in [0, 0.1) is 16.7 Å². The third kappa shape index (κ3) is 2.91. The molecule has 0 saturated heterocycles. The number of hydrogen-bond donors (Lipinski definition) is 0. The summed E-state index contributed by atoms with van der Waals surface area (Å²) in [5.74, 6) is 0. The van der Waals surface area contributed by atoms with Crippen molar-refractivity contribution in [2.45, 2.75) is 58.6 Å². The van der Waals surface area contributed by atoms with Gasteiger partial charge in [0.15, 0.2) is 0 Å². The van der Waals surface area contributed by atoms with Crippen molar-refractivity contribution in [3.8, 4) is 6.07 Å².